The molecule has 0 aliphatic carbocycles. The van der Waals surface area contributed by atoms with Gasteiger partial charge in [0.05, 0.1) is 21.4 Å². The lowest BCUT2D eigenvalue weighted by molar-refractivity contribution is 0.171. The van der Waals surface area contributed by atoms with Gasteiger partial charge in [-0.15, -0.1) is 0 Å². The number of anilines is 1. The van der Waals surface area contributed by atoms with Gasteiger partial charge in [-0.25, -0.2) is 0 Å². The molecule has 120 valence electrons. The molecular weight excluding hydrogens is 359 g/mol. The Hall–Kier alpha value is -1.62. The first-order valence-corrected chi connectivity index (χ1v) is 8.03. The van der Waals surface area contributed by atoms with Crippen LogP contribution in [0, 0.1) is 0 Å². The molecule has 0 spiro atoms. The van der Waals surface area contributed by atoms with Crippen molar-refractivity contribution in [2.75, 3.05) is 18.6 Å². The number of hydrogen-bond donors (Lipinski definition) is 1. The second kappa shape index (κ2) is 6.87. The number of nitrogens with zero attached hydrogens (tertiary/aromatic N) is 1. The Morgan fingerprint density at radius 1 is 1.00 bits per heavy atom. The molecule has 23 heavy (non-hydrogen) atoms. The molecule has 0 amide bonds. The molecule has 1 aliphatic rings. The maximum Gasteiger partial charge on any atom is 0.162 e. The predicted octanol–water partition coefficient (Wildman–Crippen LogP) is 5.25. The summed E-state index contributed by atoms with van der Waals surface area (Å²) in [6, 6.07) is 8.88. The third kappa shape index (κ3) is 3.66. The van der Waals surface area contributed by atoms with Gasteiger partial charge in [0.25, 0.3) is 0 Å². The summed E-state index contributed by atoms with van der Waals surface area (Å²) in [5.41, 5.74) is 5.05. The SMILES string of the molecule is C/C(=N\Nc1c(Cl)cc(Cl)cc1Cl)c1ccc2c(c1)OCCO2. The van der Waals surface area contributed by atoms with Crippen LogP contribution in [-0.2, 0) is 0 Å². The first-order valence-electron chi connectivity index (χ1n) is 6.89. The minimum Gasteiger partial charge on any atom is -0.486 e. The van der Waals surface area contributed by atoms with Crippen LogP contribution in [0.1, 0.15) is 12.5 Å². The van der Waals surface area contributed by atoms with E-state index < -0.39 is 0 Å². The Morgan fingerprint density at radius 2 is 1.65 bits per heavy atom. The van der Waals surface area contributed by atoms with E-state index >= 15 is 0 Å². The van der Waals surface area contributed by atoms with Gasteiger partial charge in [0.2, 0.25) is 0 Å². The van der Waals surface area contributed by atoms with Crippen molar-refractivity contribution in [3.63, 3.8) is 0 Å². The molecule has 1 N–H and O–H groups in total. The highest BCUT2D eigenvalue weighted by molar-refractivity contribution is 6.41. The van der Waals surface area contributed by atoms with E-state index in [1.54, 1.807) is 12.1 Å². The molecule has 0 bridgehead atoms. The molecule has 3 rings (SSSR count). The zero-order valence-electron chi connectivity index (χ0n) is 12.2. The van der Waals surface area contributed by atoms with Crippen molar-refractivity contribution in [3.05, 3.63) is 51.0 Å². The fourth-order valence-corrected chi connectivity index (χ4v) is 3.02. The molecule has 4 nitrogen and oxygen atoms in total. The molecule has 2 aromatic carbocycles. The molecule has 0 saturated heterocycles. The number of rotatable bonds is 3. The number of ether oxygens (including phenoxy) is 2. The molecule has 0 radical (unpaired) electrons. The highest BCUT2D eigenvalue weighted by Crippen LogP contribution is 2.34. The van der Waals surface area contributed by atoms with Gasteiger partial charge in [-0.1, -0.05) is 34.8 Å². The molecule has 7 heteroatoms. The maximum atomic E-state index is 6.12. The first-order chi connectivity index (χ1) is 11.0. The maximum absolute atomic E-state index is 6.12. The number of halogens is 3. The van der Waals surface area contributed by atoms with Gasteiger partial charge in [-0.2, -0.15) is 5.10 Å². The standard InChI is InChI=1S/C16H13Cl3N2O2/c1-9(10-2-3-14-15(6-10)23-5-4-22-14)20-21-16-12(18)7-11(17)8-13(16)19/h2-3,6-8,21H,4-5H2,1H3/b20-9+. The number of hydrazone groups is 1. The second-order valence-electron chi connectivity index (χ2n) is 4.91. The van der Waals surface area contributed by atoms with E-state index in [1.807, 2.05) is 25.1 Å². The van der Waals surface area contributed by atoms with Crippen LogP contribution >= 0.6 is 34.8 Å². The molecule has 0 fully saturated rings. The minimum atomic E-state index is 0.404. The monoisotopic (exact) mass is 370 g/mol. The molecule has 0 atom stereocenters. The minimum absolute atomic E-state index is 0.404. The van der Waals surface area contributed by atoms with Crippen LogP contribution in [0.3, 0.4) is 0 Å². The lowest BCUT2D eigenvalue weighted by Gasteiger charge is -2.18. The van der Waals surface area contributed by atoms with Gasteiger partial charge in [-0.3, -0.25) is 5.43 Å². The summed E-state index contributed by atoms with van der Waals surface area (Å²) in [5, 5.41) is 5.60. The third-order valence-electron chi connectivity index (χ3n) is 3.30. The van der Waals surface area contributed by atoms with Crippen LogP contribution in [-0.4, -0.2) is 18.9 Å². The van der Waals surface area contributed by atoms with E-state index in [9.17, 15) is 0 Å². The summed E-state index contributed by atoms with van der Waals surface area (Å²) < 4.78 is 11.1. The van der Waals surface area contributed by atoms with Crippen LogP contribution in [0.15, 0.2) is 35.4 Å². The molecule has 0 saturated carbocycles. The highest BCUT2D eigenvalue weighted by atomic mass is 35.5. The van der Waals surface area contributed by atoms with Crippen LogP contribution in [0.2, 0.25) is 15.1 Å². The molecule has 2 aromatic rings. The van der Waals surface area contributed by atoms with Crippen molar-refractivity contribution in [3.8, 4) is 11.5 Å². The second-order valence-corrected chi connectivity index (χ2v) is 6.16. The van der Waals surface area contributed by atoms with E-state index in [2.05, 4.69) is 10.5 Å². The molecule has 1 heterocycles. The molecule has 0 aromatic heterocycles. The summed E-state index contributed by atoms with van der Waals surface area (Å²) in [4.78, 5) is 0. The van der Waals surface area contributed by atoms with E-state index in [0.717, 1.165) is 17.0 Å². The van der Waals surface area contributed by atoms with E-state index in [4.69, 9.17) is 44.3 Å². The normalized spacial score (nSPS) is 13.8. The number of benzene rings is 2. The number of nitrogens with one attached hydrogen (secondary N) is 1. The topological polar surface area (TPSA) is 42.9 Å². The Kier molecular flexibility index (Phi) is 4.85. The van der Waals surface area contributed by atoms with E-state index in [1.165, 1.54) is 0 Å². The Bertz CT molecular complexity index is 755. The highest BCUT2D eigenvalue weighted by Gasteiger charge is 2.13. The van der Waals surface area contributed by atoms with Crippen LogP contribution in [0.4, 0.5) is 5.69 Å². The fourth-order valence-electron chi connectivity index (χ4n) is 2.12. The lowest BCUT2D eigenvalue weighted by Crippen LogP contribution is -2.15. The Morgan fingerprint density at radius 3 is 2.35 bits per heavy atom. The largest absolute Gasteiger partial charge is 0.486 e. The van der Waals surface area contributed by atoms with Crippen molar-refractivity contribution in [1.29, 1.82) is 0 Å². The van der Waals surface area contributed by atoms with Crippen LogP contribution in [0.5, 0.6) is 11.5 Å². The average Bonchev–Trinajstić information content (AvgIpc) is 2.53. The Labute approximate surface area is 148 Å². The molecule has 0 unspecified atom stereocenters. The van der Waals surface area contributed by atoms with Gasteiger partial charge in [0.15, 0.2) is 11.5 Å². The summed E-state index contributed by atoms with van der Waals surface area (Å²) in [6.07, 6.45) is 0. The fraction of sp³-hybridized carbons (Fsp3) is 0.188. The summed E-state index contributed by atoms with van der Waals surface area (Å²) in [6.45, 7) is 2.98. The number of hydrogen-bond acceptors (Lipinski definition) is 4. The van der Waals surface area contributed by atoms with Crippen molar-refractivity contribution < 1.29 is 9.47 Å². The van der Waals surface area contributed by atoms with Gasteiger partial charge in [0, 0.05) is 10.6 Å². The van der Waals surface area contributed by atoms with Gasteiger partial charge < -0.3 is 9.47 Å². The predicted molar refractivity (Wildman–Crippen MR) is 94.7 cm³/mol. The van der Waals surface area contributed by atoms with Crippen LogP contribution < -0.4 is 14.9 Å². The van der Waals surface area contributed by atoms with Crippen molar-refractivity contribution in [1.82, 2.24) is 0 Å². The van der Waals surface area contributed by atoms with Crippen LogP contribution in [0.25, 0.3) is 0 Å². The third-order valence-corrected chi connectivity index (χ3v) is 4.12. The Balaban J connectivity index is 1.83. The van der Waals surface area contributed by atoms with Gasteiger partial charge in [0.1, 0.15) is 13.2 Å². The first kappa shape index (κ1) is 16.2. The zero-order valence-corrected chi connectivity index (χ0v) is 14.5. The van der Waals surface area contributed by atoms with E-state index in [0.29, 0.717) is 39.7 Å². The number of fused-ring (bicyclic) bond motifs is 1. The van der Waals surface area contributed by atoms with Crippen molar-refractivity contribution in [2.45, 2.75) is 6.92 Å². The lowest BCUT2D eigenvalue weighted by atomic mass is 10.1. The van der Waals surface area contributed by atoms with E-state index in [-0.39, 0.29) is 0 Å². The van der Waals surface area contributed by atoms with Crippen molar-refractivity contribution >= 4 is 46.2 Å². The smallest absolute Gasteiger partial charge is 0.162 e. The summed E-state index contributed by atoms with van der Waals surface area (Å²) in [5.74, 6) is 1.45. The summed E-state index contributed by atoms with van der Waals surface area (Å²) in [7, 11) is 0. The van der Waals surface area contributed by atoms with Gasteiger partial charge in [-0.05, 0) is 37.3 Å². The van der Waals surface area contributed by atoms with Crippen molar-refractivity contribution in [2.24, 2.45) is 5.10 Å². The molecule has 1 aliphatic heterocycles. The quantitative estimate of drug-likeness (QED) is 0.591. The zero-order chi connectivity index (χ0) is 16.4. The average molecular weight is 372 g/mol. The van der Waals surface area contributed by atoms with Gasteiger partial charge >= 0.3 is 0 Å². The summed E-state index contributed by atoms with van der Waals surface area (Å²) >= 11 is 18.1. The molecular formula is C16H13Cl3N2O2.